The Labute approximate surface area is 126 Å². The number of benzene rings is 2. The summed E-state index contributed by atoms with van der Waals surface area (Å²) in [5, 5.41) is 3.15. The van der Waals surface area contributed by atoms with Gasteiger partial charge in [-0.3, -0.25) is 0 Å². The normalized spacial score (nSPS) is 10.9. The van der Waals surface area contributed by atoms with Crippen molar-refractivity contribution in [3.05, 3.63) is 59.4 Å². The standard InChI is InChI=1S/C16H16F3NS/c1-2-8-20-10-12-13(17)4-3-5-16(12)21-11-6-7-14(18)15(19)9-11/h3-7,9,20H,2,8,10H2,1H3. The summed E-state index contributed by atoms with van der Waals surface area (Å²) in [6.07, 6.45) is 0.958. The van der Waals surface area contributed by atoms with E-state index in [0.29, 0.717) is 21.9 Å². The fourth-order valence-corrected chi connectivity index (χ4v) is 2.86. The van der Waals surface area contributed by atoms with Crippen LogP contribution in [-0.4, -0.2) is 6.54 Å². The first-order valence-corrected chi connectivity index (χ1v) is 7.54. The fraction of sp³-hybridized carbons (Fsp3) is 0.250. The van der Waals surface area contributed by atoms with Gasteiger partial charge in [0.05, 0.1) is 0 Å². The molecule has 2 aromatic rings. The Bertz CT molecular complexity index is 616. The van der Waals surface area contributed by atoms with Crippen molar-refractivity contribution >= 4 is 11.8 Å². The molecule has 0 spiro atoms. The zero-order valence-corrected chi connectivity index (χ0v) is 12.4. The molecule has 0 unspecified atom stereocenters. The lowest BCUT2D eigenvalue weighted by Gasteiger charge is -2.11. The fourth-order valence-electron chi connectivity index (χ4n) is 1.86. The van der Waals surface area contributed by atoms with Gasteiger partial charge >= 0.3 is 0 Å². The number of rotatable bonds is 6. The van der Waals surface area contributed by atoms with E-state index in [1.807, 2.05) is 6.92 Å². The van der Waals surface area contributed by atoms with E-state index in [1.165, 1.54) is 23.9 Å². The van der Waals surface area contributed by atoms with Crippen molar-refractivity contribution in [2.75, 3.05) is 6.54 Å². The molecule has 0 aliphatic carbocycles. The smallest absolute Gasteiger partial charge is 0.159 e. The second-order valence-corrected chi connectivity index (χ2v) is 5.69. The van der Waals surface area contributed by atoms with Gasteiger partial charge in [-0.1, -0.05) is 24.8 Å². The van der Waals surface area contributed by atoms with Crippen molar-refractivity contribution in [3.63, 3.8) is 0 Å². The van der Waals surface area contributed by atoms with E-state index in [-0.39, 0.29) is 5.82 Å². The van der Waals surface area contributed by atoms with Crippen LogP contribution < -0.4 is 5.32 Å². The van der Waals surface area contributed by atoms with Crippen molar-refractivity contribution in [2.24, 2.45) is 0 Å². The van der Waals surface area contributed by atoms with E-state index in [1.54, 1.807) is 12.1 Å². The Balaban J connectivity index is 2.22. The van der Waals surface area contributed by atoms with Gasteiger partial charge in [0, 0.05) is 21.9 Å². The van der Waals surface area contributed by atoms with Gasteiger partial charge in [-0.2, -0.15) is 0 Å². The highest BCUT2D eigenvalue weighted by molar-refractivity contribution is 7.99. The van der Waals surface area contributed by atoms with Gasteiger partial charge in [0.15, 0.2) is 11.6 Å². The molecule has 0 aliphatic heterocycles. The van der Waals surface area contributed by atoms with E-state index in [4.69, 9.17) is 0 Å². The third-order valence-corrected chi connectivity index (χ3v) is 4.02. The molecular formula is C16H16F3NS. The molecule has 0 heterocycles. The summed E-state index contributed by atoms with van der Waals surface area (Å²) in [6, 6.07) is 8.47. The monoisotopic (exact) mass is 311 g/mol. The van der Waals surface area contributed by atoms with Crippen LogP contribution in [0.1, 0.15) is 18.9 Å². The van der Waals surface area contributed by atoms with Crippen molar-refractivity contribution < 1.29 is 13.2 Å². The number of halogens is 3. The largest absolute Gasteiger partial charge is 0.313 e. The first-order valence-electron chi connectivity index (χ1n) is 6.73. The minimum atomic E-state index is -0.901. The Morgan fingerprint density at radius 3 is 2.52 bits per heavy atom. The SMILES string of the molecule is CCCNCc1c(F)cccc1Sc1ccc(F)c(F)c1. The topological polar surface area (TPSA) is 12.0 Å². The van der Waals surface area contributed by atoms with E-state index < -0.39 is 11.6 Å². The lowest BCUT2D eigenvalue weighted by atomic mass is 10.2. The van der Waals surface area contributed by atoms with Crippen molar-refractivity contribution in [1.82, 2.24) is 5.32 Å². The van der Waals surface area contributed by atoms with Crippen molar-refractivity contribution in [3.8, 4) is 0 Å². The summed E-state index contributed by atoms with van der Waals surface area (Å²) in [7, 11) is 0. The third-order valence-electron chi connectivity index (χ3n) is 2.92. The van der Waals surface area contributed by atoms with Crippen LogP contribution in [0, 0.1) is 17.5 Å². The van der Waals surface area contributed by atoms with Crippen molar-refractivity contribution in [1.29, 1.82) is 0 Å². The molecule has 0 atom stereocenters. The highest BCUT2D eigenvalue weighted by Crippen LogP contribution is 2.32. The molecule has 0 fully saturated rings. The molecule has 21 heavy (non-hydrogen) atoms. The van der Waals surface area contributed by atoms with Gasteiger partial charge in [0.2, 0.25) is 0 Å². The Morgan fingerprint density at radius 1 is 1.00 bits per heavy atom. The third kappa shape index (κ3) is 4.25. The van der Waals surface area contributed by atoms with Crippen LogP contribution in [-0.2, 0) is 6.54 Å². The maximum absolute atomic E-state index is 13.9. The Morgan fingerprint density at radius 2 is 1.81 bits per heavy atom. The molecule has 5 heteroatoms. The molecule has 2 aromatic carbocycles. The van der Waals surface area contributed by atoms with E-state index >= 15 is 0 Å². The van der Waals surface area contributed by atoms with Gasteiger partial charge < -0.3 is 5.32 Å². The zero-order valence-electron chi connectivity index (χ0n) is 11.6. The lowest BCUT2D eigenvalue weighted by molar-refractivity contribution is 0.506. The van der Waals surface area contributed by atoms with Gasteiger partial charge in [-0.15, -0.1) is 0 Å². The number of hydrogen-bond donors (Lipinski definition) is 1. The molecule has 112 valence electrons. The minimum absolute atomic E-state index is 0.300. The summed E-state index contributed by atoms with van der Waals surface area (Å²) in [5.41, 5.74) is 0.542. The Kier molecular flexibility index (Phi) is 5.70. The molecule has 1 N–H and O–H groups in total. The molecule has 0 saturated carbocycles. The van der Waals surface area contributed by atoms with Gasteiger partial charge in [0.25, 0.3) is 0 Å². The Hall–Kier alpha value is -1.46. The zero-order chi connectivity index (χ0) is 15.2. The predicted molar refractivity (Wildman–Crippen MR) is 78.9 cm³/mol. The average molecular weight is 311 g/mol. The molecule has 0 amide bonds. The van der Waals surface area contributed by atoms with Gasteiger partial charge in [-0.05, 0) is 43.3 Å². The van der Waals surface area contributed by atoms with E-state index in [0.717, 1.165) is 25.1 Å². The van der Waals surface area contributed by atoms with E-state index in [2.05, 4.69) is 5.32 Å². The maximum atomic E-state index is 13.9. The summed E-state index contributed by atoms with van der Waals surface area (Å²) < 4.78 is 40.1. The van der Waals surface area contributed by atoms with Gasteiger partial charge in [-0.25, -0.2) is 13.2 Å². The molecule has 1 nitrogen and oxygen atoms in total. The summed E-state index contributed by atoms with van der Waals surface area (Å²) in [4.78, 5) is 1.24. The minimum Gasteiger partial charge on any atom is -0.313 e. The number of hydrogen-bond acceptors (Lipinski definition) is 2. The van der Waals surface area contributed by atoms with Crippen LogP contribution >= 0.6 is 11.8 Å². The molecule has 0 aromatic heterocycles. The first kappa shape index (κ1) is 15.9. The molecule has 0 saturated heterocycles. The summed E-state index contributed by atoms with van der Waals surface area (Å²) >= 11 is 1.22. The molecular weight excluding hydrogens is 295 g/mol. The summed E-state index contributed by atoms with van der Waals surface area (Å²) in [5.74, 6) is -2.09. The average Bonchev–Trinajstić information content (AvgIpc) is 2.46. The maximum Gasteiger partial charge on any atom is 0.159 e. The molecule has 0 aliphatic rings. The lowest BCUT2D eigenvalue weighted by Crippen LogP contribution is -2.15. The number of nitrogens with one attached hydrogen (secondary N) is 1. The predicted octanol–water partition coefficient (Wildman–Crippen LogP) is 4.75. The van der Waals surface area contributed by atoms with Crippen LogP contribution in [0.3, 0.4) is 0 Å². The highest BCUT2D eigenvalue weighted by Gasteiger charge is 2.11. The van der Waals surface area contributed by atoms with Crippen LogP contribution in [0.4, 0.5) is 13.2 Å². The van der Waals surface area contributed by atoms with Crippen LogP contribution in [0.2, 0.25) is 0 Å². The first-order chi connectivity index (χ1) is 10.1. The molecule has 0 bridgehead atoms. The second kappa shape index (κ2) is 7.52. The summed E-state index contributed by atoms with van der Waals surface area (Å²) in [6.45, 7) is 3.24. The van der Waals surface area contributed by atoms with Crippen LogP contribution in [0.15, 0.2) is 46.2 Å². The molecule has 0 radical (unpaired) electrons. The highest BCUT2D eigenvalue weighted by atomic mass is 32.2. The van der Waals surface area contributed by atoms with Gasteiger partial charge in [0.1, 0.15) is 5.82 Å². The molecule has 2 rings (SSSR count). The van der Waals surface area contributed by atoms with Crippen LogP contribution in [0.5, 0.6) is 0 Å². The van der Waals surface area contributed by atoms with Crippen LogP contribution in [0.25, 0.3) is 0 Å². The second-order valence-electron chi connectivity index (χ2n) is 4.57. The quantitative estimate of drug-likeness (QED) is 0.772. The van der Waals surface area contributed by atoms with Crippen molar-refractivity contribution in [2.45, 2.75) is 29.7 Å². The van der Waals surface area contributed by atoms with E-state index in [9.17, 15) is 13.2 Å².